The third-order valence-electron chi connectivity index (χ3n) is 2.34. The highest BCUT2D eigenvalue weighted by Crippen LogP contribution is 2.29. The van der Waals surface area contributed by atoms with Crippen LogP contribution in [0.2, 0.25) is 0 Å². The number of hydrogen-bond donors (Lipinski definition) is 1. The van der Waals surface area contributed by atoms with E-state index in [0.717, 1.165) is 25.7 Å². The van der Waals surface area contributed by atoms with Crippen molar-refractivity contribution in [3.63, 3.8) is 0 Å². The van der Waals surface area contributed by atoms with Crippen molar-refractivity contribution in [3.05, 3.63) is 0 Å². The average molecular weight is 172 g/mol. The molecule has 1 aliphatic rings. The monoisotopic (exact) mass is 172 g/mol. The van der Waals surface area contributed by atoms with Crippen LogP contribution < -0.4 is 0 Å². The maximum Gasteiger partial charge on any atom is 0.302 e. The van der Waals surface area contributed by atoms with Crippen LogP contribution in [0.4, 0.5) is 0 Å². The van der Waals surface area contributed by atoms with Crippen LogP contribution in [-0.2, 0) is 9.53 Å². The van der Waals surface area contributed by atoms with E-state index in [4.69, 9.17) is 4.74 Å². The van der Waals surface area contributed by atoms with Gasteiger partial charge in [-0.3, -0.25) is 4.79 Å². The standard InChI is InChI=1S/C9H16O3/c1-7(10)12-8-3-5-9(2,11)6-4-8/h8,11H,3-6H2,1-2H3/t8-,9+. The maximum atomic E-state index is 10.6. The second-order valence-electron chi connectivity index (χ2n) is 3.81. The van der Waals surface area contributed by atoms with E-state index >= 15 is 0 Å². The SMILES string of the molecule is CC(=O)O[C@H]1CC[C@@](C)(O)CC1. The molecule has 1 aliphatic carbocycles. The molecule has 3 heteroatoms. The first kappa shape index (κ1) is 9.52. The molecular weight excluding hydrogens is 156 g/mol. The lowest BCUT2D eigenvalue weighted by Crippen LogP contribution is -2.34. The number of hydrogen-bond acceptors (Lipinski definition) is 3. The topological polar surface area (TPSA) is 46.5 Å². The summed E-state index contributed by atoms with van der Waals surface area (Å²) < 4.78 is 5.03. The molecule has 0 bridgehead atoms. The van der Waals surface area contributed by atoms with Gasteiger partial charge in [-0.1, -0.05) is 0 Å². The Labute approximate surface area is 72.7 Å². The Hall–Kier alpha value is -0.570. The molecule has 0 aromatic rings. The van der Waals surface area contributed by atoms with Gasteiger partial charge in [0.2, 0.25) is 0 Å². The highest BCUT2D eigenvalue weighted by molar-refractivity contribution is 5.66. The molecule has 1 rings (SSSR count). The zero-order valence-corrected chi connectivity index (χ0v) is 7.67. The van der Waals surface area contributed by atoms with E-state index in [1.54, 1.807) is 0 Å². The predicted molar refractivity (Wildman–Crippen MR) is 44.6 cm³/mol. The van der Waals surface area contributed by atoms with Gasteiger partial charge in [0.15, 0.2) is 0 Å². The van der Waals surface area contributed by atoms with E-state index in [2.05, 4.69) is 0 Å². The molecule has 1 N–H and O–H groups in total. The van der Waals surface area contributed by atoms with Crippen LogP contribution >= 0.6 is 0 Å². The third-order valence-corrected chi connectivity index (χ3v) is 2.34. The van der Waals surface area contributed by atoms with Gasteiger partial charge < -0.3 is 9.84 Å². The molecule has 0 amide bonds. The van der Waals surface area contributed by atoms with Gasteiger partial charge in [-0.25, -0.2) is 0 Å². The minimum absolute atomic E-state index is 0.0303. The summed E-state index contributed by atoms with van der Waals surface area (Å²) >= 11 is 0. The van der Waals surface area contributed by atoms with E-state index in [9.17, 15) is 9.90 Å². The minimum atomic E-state index is -0.545. The lowest BCUT2D eigenvalue weighted by atomic mass is 9.85. The molecule has 0 aliphatic heterocycles. The summed E-state index contributed by atoms with van der Waals surface area (Å²) in [6.07, 6.45) is 3.05. The summed E-state index contributed by atoms with van der Waals surface area (Å²) in [7, 11) is 0. The molecule has 0 saturated heterocycles. The quantitative estimate of drug-likeness (QED) is 0.605. The Balaban J connectivity index is 2.31. The van der Waals surface area contributed by atoms with Crippen molar-refractivity contribution in [2.45, 2.75) is 51.2 Å². The highest BCUT2D eigenvalue weighted by Gasteiger charge is 2.29. The van der Waals surface area contributed by atoms with Gasteiger partial charge in [-0.15, -0.1) is 0 Å². The van der Waals surface area contributed by atoms with Crippen LogP contribution in [0.25, 0.3) is 0 Å². The van der Waals surface area contributed by atoms with Crippen LogP contribution in [0.3, 0.4) is 0 Å². The average Bonchev–Trinajstić information content (AvgIpc) is 1.93. The van der Waals surface area contributed by atoms with Crippen molar-refractivity contribution in [2.24, 2.45) is 0 Å². The Morgan fingerprint density at radius 2 is 2.00 bits per heavy atom. The van der Waals surface area contributed by atoms with Crippen LogP contribution in [0.1, 0.15) is 39.5 Å². The van der Waals surface area contributed by atoms with E-state index in [1.165, 1.54) is 6.92 Å². The Bertz CT molecular complexity index is 165. The van der Waals surface area contributed by atoms with Gasteiger partial charge in [0.25, 0.3) is 0 Å². The molecule has 0 heterocycles. The van der Waals surface area contributed by atoms with Gasteiger partial charge in [-0.2, -0.15) is 0 Å². The van der Waals surface area contributed by atoms with Crippen LogP contribution in [0.15, 0.2) is 0 Å². The zero-order chi connectivity index (χ0) is 9.19. The Kier molecular flexibility index (Phi) is 2.73. The fourth-order valence-electron chi connectivity index (χ4n) is 1.57. The van der Waals surface area contributed by atoms with Gasteiger partial charge >= 0.3 is 5.97 Å². The largest absolute Gasteiger partial charge is 0.463 e. The first-order chi connectivity index (χ1) is 5.49. The fourth-order valence-corrected chi connectivity index (χ4v) is 1.57. The first-order valence-corrected chi connectivity index (χ1v) is 4.39. The van der Waals surface area contributed by atoms with E-state index < -0.39 is 5.60 Å². The van der Waals surface area contributed by atoms with Crippen molar-refractivity contribution >= 4 is 5.97 Å². The summed E-state index contributed by atoms with van der Waals surface area (Å²) in [4.78, 5) is 10.6. The molecular formula is C9H16O3. The van der Waals surface area contributed by atoms with Crippen molar-refractivity contribution in [1.29, 1.82) is 0 Å². The molecule has 12 heavy (non-hydrogen) atoms. The van der Waals surface area contributed by atoms with Crippen molar-refractivity contribution in [3.8, 4) is 0 Å². The van der Waals surface area contributed by atoms with Crippen LogP contribution in [0.5, 0.6) is 0 Å². The molecule has 0 aromatic heterocycles. The lowest BCUT2D eigenvalue weighted by molar-refractivity contribution is -0.150. The number of carbonyl (C=O) groups is 1. The number of ether oxygens (including phenoxy) is 1. The second kappa shape index (κ2) is 3.44. The van der Waals surface area contributed by atoms with Gasteiger partial charge in [0.1, 0.15) is 6.10 Å². The van der Waals surface area contributed by atoms with Gasteiger partial charge in [0, 0.05) is 6.92 Å². The van der Waals surface area contributed by atoms with E-state index in [0.29, 0.717) is 0 Å². The molecule has 70 valence electrons. The molecule has 1 saturated carbocycles. The molecule has 0 atom stereocenters. The van der Waals surface area contributed by atoms with E-state index in [-0.39, 0.29) is 12.1 Å². The van der Waals surface area contributed by atoms with Gasteiger partial charge in [-0.05, 0) is 32.6 Å². The molecule has 3 nitrogen and oxygen atoms in total. The summed E-state index contributed by atoms with van der Waals surface area (Å²) in [5.41, 5.74) is -0.545. The minimum Gasteiger partial charge on any atom is -0.463 e. The predicted octanol–water partition coefficient (Wildman–Crippen LogP) is 1.24. The van der Waals surface area contributed by atoms with Crippen LogP contribution in [0, 0.1) is 0 Å². The summed E-state index contributed by atoms with van der Waals surface area (Å²) in [6.45, 7) is 3.25. The highest BCUT2D eigenvalue weighted by atomic mass is 16.5. The first-order valence-electron chi connectivity index (χ1n) is 4.39. The summed E-state index contributed by atoms with van der Waals surface area (Å²) in [6, 6.07) is 0. The Morgan fingerprint density at radius 3 is 2.42 bits per heavy atom. The number of esters is 1. The Morgan fingerprint density at radius 1 is 1.50 bits per heavy atom. The van der Waals surface area contributed by atoms with Crippen molar-refractivity contribution in [2.75, 3.05) is 0 Å². The van der Waals surface area contributed by atoms with E-state index in [1.807, 2.05) is 6.92 Å². The second-order valence-corrected chi connectivity index (χ2v) is 3.81. The van der Waals surface area contributed by atoms with Gasteiger partial charge in [0.05, 0.1) is 5.60 Å². The maximum absolute atomic E-state index is 10.6. The van der Waals surface area contributed by atoms with Crippen molar-refractivity contribution in [1.82, 2.24) is 0 Å². The van der Waals surface area contributed by atoms with Crippen molar-refractivity contribution < 1.29 is 14.6 Å². The third kappa shape index (κ3) is 2.81. The fraction of sp³-hybridized carbons (Fsp3) is 0.889. The lowest BCUT2D eigenvalue weighted by Gasteiger charge is -2.32. The molecule has 0 unspecified atom stereocenters. The zero-order valence-electron chi connectivity index (χ0n) is 7.67. The molecule has 0 radical (unpaired) electrons. The molecule has 0 aromatic carbocycles. The summed E-state index contributed by atoms with van der Waals surface area (Å²) in [5.74, 6) is -0.221. The smallest absolute Gasteiger partial charge is 0.302 e. The normalized spacial score (nSPS) is 36.1. The summed E-state index contributed by atoms with van der Waals surface area (Å²) in [5, 5.41) is 9.59. The molecule has 1 fully saturated rings. The number of carbonyl (C=O) groups excluding carboxylic acids is 1. The number of aliphatic hydroxyl groups is 1. The molecule has 0 spiro atoms. The number of rotatable bonds is 1. The van der Waals surface area contributed by atoms with Crippen LogP contribution in [-0.4, -0.2) is 22.8 Å².